The number of hydrogen-bond acceptors (Lipinski definition) is 6. The normalized spacial score (nSPS) is 11.0. The lowest BCUT2D eigenvalue weighted by Gasteiger charge is -2.09. The van der Waals surface area contributed by atoms with Crippen molar-refractivity contribution in [2.45, 2.75) is 0 Å². The van der Waals surface area contributed by atoms with Crippen molar-refractivity contribution >= 4 is 40.2 Å². The van der Waals surface area contributed by atoms with Crippen LogP contribution in [0, 0.1) is 10.9 Å². The number of nitrogens with one attached hydrogen (secondary N) is 1. The minimum absolute atomic E-state index is 0.106. The Balaban J connectivity index is 1.89. The second kappa shape index (κ2) is 8.42. The van der Waals surface area contributed by atoms with Gasteiger partial charge >= 0.3 is 0 Å². The van der Waals surface area contributed by atoms with E-state index in [4.69, 9.17) is 16.8 Å². The number of hydroxylamine groups is 1. The summed E-state index contributed by atoms with van der Waals surface area (Å²) in [5.74, 6) is -1.53. The Kier molecular flexibility index (Phi) is 5.98. The summed E-state index contributed by atoms with van der Waals surface area (Å²) in [5, 5.41) is 14.3. The number of hydrogen-bond donors (Lipinski definition) is 2. The van der Waals surface area contributed by atoms with E-state index < -0.39 is 16.9 Å². The summed E-state index contributed by atoms with van der Waals surface area (Å²) in [6, 6.07) is 10.2. The van der Waals surface area contributed by atoms with Crippen LogP contribution in [0.1, 0.15) is 15.9 Å². The van der Waals surface area contributed by atoms with Crippen LogP contribution < -0.4 is 10.5 Å². The van der Waals surface area contributed by atoms with Gasteiger partial charge in [0.2, 0.25) is 10.3 Å². The average Bonchev–Trinajstić information content (AvgIpc) is 3.08. The molecule has 0 radical (unpaired) electrons. The third-order valence-corrected chi connectivity index (χ3v) is 4.95. The fourth-order valence-corrected chi connectivity index (χ4v) is 3.30. The number of halogens is 3. The molecule has 0 saturated carbocycles. The van der Waals surface area contributed by atoms with E-state index in [-0.39, 0.29) is 22.0 Å². The number of thiazole rings is 1. The molecule has 6 nitrogen and oxygen atoms in total. The van der Waals surface area contributed by atoms with Crippen LogP contribution in [0.25, 0.3) is 11.3 Å². The van der Waals surface area contributed by atoms with Gasteiger partial charge in [0.1, 0.15) is 11.5 Å². The van der Waals surface area contributed by atoms with Crippen LogP contribution in [0.3, 0.4) is 0 Å². The second-order valence-electron chi connectivity index (χ2n) is 5.54. The third-order valence-electron chi connectivity index (χ3n) is 3.71. The number of carbonyl (C=O) groups is 1. The van der Waals surface area contributed by atoms with Crippen molar-refractivity contribution in [3.63, 3.8) is 0 Å². The maximum Gasteiger partial charge on any atom is 0.275 e. The zero-order valence-corrected chi connectivity index (χ0v) is 15.9. The van der Waals surface area contributed by atoms with Gasteiger partial charge in [0.15, 0.2) is 0 Å². The van der Waals surface area contributed by atoms with Crippen LogP contribution >= 0.6 is 22.9 Å². The fraction of sp³-hybridized carbons (Fsp3) is 0.0556. The van der Waals surface area contributed by atoms with Crippen molar-refractivity contribution in [1.82, 2.24) is 10.5 Å². The maximum atomic E-state index is 14.4. The van der Waals surface area contributed by atoms with Gasteiger partial charge in [-0.2, -0.15) is 9.49 Å². The topological polar surface area (TPSA) is 77.8 Å². The zero-order chi connectivity index (χ0) is 20.3. The minimum atomic E-state index is -0.884. The van der Waals surface area contributed by atoms with E-state index in [0.29, 0.717) is 10.6 Å². The molecule has 0 aliphatic carbocycles. The van der Waals surface area contributed by atoms with Crippen molar-refractivity contribution in [3.8, 4) is 11.3 Å². The smallest absolute Gasteiger partial charge is 0.275 e. The van der Waals surface area contributed by atoms with Gasteiger partial charge in [0.05, 0.1) is 16.8 Å². The summed E-state index contributed by atoms with van der Waals surface area (Å²) in [4.78, 5) is 15.9. The van der Waals surface area contributed by atoms with E-state index in [2.05, 4.69) is 10.1 Å². The van der Waals surface area contributed by atoms with Crippen molar-refractivity contribution in [1.29, 1.82) is 0 Å². The molecule has 1 amide bonds. The molecule has 3 aromatic rings. The molecule has 0 saturated heterocycles. The summed E-state index contributed by atoms with van der Waals surface area (Å²) >= 11 is 6.88. The minimum Gasteiger partial charge on any atom is -0.288 e. The van der Waals surface area contributed by atoms with E-state index in [9.17, 15) is 13.6 Å². The highest BCUT2D eigenvalue weighted by atomic mass is 35.5. The second-order valence-corrected chi connectivity index (χ2v) is 6.87. The molecule has 0 fully saturated rings. The van der Waals surface area contributed by atoms with E-state index in [1.54, 1.807) is 31.3 Å². The first-order chi connectivity index (χ1) is 13.4. The molecule has 0 unspecified atom stereocenters. The molecular formula is C18H13ClF2N4O2S. The van der Waals surface area contributed by atoms with Crippen molar-refractivity contribution in [2.24, 2.45) is 5.10 Å². The number of hydrazone groups is 1. The highest BCUT2D eigenvalue weighted by Gasteiger charge is 2.17. The standard InChI is InChI=1S/C18H13ClF2N4O2S/c1-25(22-9-10-6-7-11(20)8-13(10)17(26)24-27)18-23-15(16(21)28-18)12-4-2-3-5-14(12)19/h2-9,27H,1H3,(H,24,26)/b22-9+. The lowest BCUT2D eigenvalue weighted by atomic mass is 10.1. The molecule has 2 aromatic carbocycles. The summed E-state index contributed by atoms with van der Waals surface area (Å²) in [5.41, 5.74) is 2.16. The first kappa shape index (κ1) is 19.9. The highest BCUT2D eigenvalue weighted by molar-refractivity contribution is 7.14. The number of carbonyl (C=O) groups excluding carboxylic acids is 1. The van der Waals surface area contributed by atoms with Crippen LogP contribution in [0.4, 0.5) is 13.9 Å². The van der Waals surface area contributed by atoms with E-state index in [0.717, 1.165) is 23.5 Å². The van der Waals surface area contributed by atoms with E-state index in [1.807, 2.05) is 0 Å². The molecule has 0 aliphatic rings. The summed E-state index contributed by atoms with van der Waals surface area (Å²) in [6.07, 6.45) is 1.28. The van der Waals surface area contributed by atoms with Gasteiger partial charge in [-0.15, -0.1) is 0 Å². The van der Waals surface area contributed by atoms with Gasteiger partial charge in [0, 0.05) is 18.2 Å². The average molecular weight is 423 g/mol. The van der Waals surface area contributed by atoms with E-state index >= 15 is 0 Å². The van der Waals surface area contributed by atoms with Crippen LogP contribution in [0.15, 0.2) is 47.6 Å². The van der Waals surface area contributed by atoms with Gasteiger partial charge in [-0.25, -0.2) is 19.9 Å². The van der Waals surface area contributed by atoms with E-state index in [1.165, 1.54) is 22.8 Å². The number of nitrogens with zero attached hydrogens (tertiary/aromatic N) is 3. The number of amides is 1. The SMILES string of the molecule is CN(/N=C/c1ccc(F)cc1C(=O)NO)c1nc(-c2ccccc2Cl)c(F)s1. The molecule has 10 heteroatoms. The largest absolute Gasteiger partial charge is 0.288 e. The lowest BCUT2D eigenvalue weighted by Crippen LogP contribution is -2.20. The predicted molar refractivity (Wildman–Crippen MR) is 104 cm³/mol. The lowest BCUT2D eigenvalue weighted by molar-refractivity contribution is 0.0706. The van der Waals surface area contributed by atoms with Gasteiger partial charge < -0.3 is 0 Å². The Morgan fingerprint density at radius 2 is 2.07 bits per heavy atom. The van der Waals surface area contributed by atoms with Crippen LogP contribution in [-0.4, -0.2) is 29.4 Å². The Labute approximate surface area is 167 Å². The number of aromatic nitrogens is 1. The monoisotopic (exact) mass is 422 g/mol. The van der Waals surface area contributed by atoms with Gasteiger partial charge in [0.25, 0.3) is 5.91 Å². The van der Waals surface area contributed by atoms with Crippen molar-refractivity contribution < 1.29 is 18.8 Å². The molecule has 28 heavy (non-hydrogen) atoms. The molecule has 0 atom stereocenters. The number of anilines is 1. The van der Waals surface area contributed by atoms with Crippen LogP contribution in [0.2, 0.25) is 5.02 Å². The number of benzene rings is 2. The van der Waals surface area contributed by atoms with Gasteiger partial charge in [-0.05, 0) is 24.3 Å². The highest BCUT2D eigenvalue weighted by Crippen LogP contribution is 2.34. The van der Waals surface area contributed by atoms with Gasteiger partial charge in [-0.1, -0.05) is 41.1 Å². The molecule has 3 rings (SSSR count). The third kappa shape index (κ3) is 4.16. The van der Waals surface area contributed by atoms with Crippen molar-refractivity contribution in [2.75, 3.05) is 12.1 Å². The molecule has 0 aliphatic heterocycles. The number of rotatable bonds is 5. The quantitative estimate of drug-likeness (QED) is 0.364. The summed E-state index contributed by atoms with van der Waals surface area (Å²) < 4.78 is 27.7. The first-order valence-corrected chi connectivity index (χ1v) is 9.03. The van der Waals surface area contributed by atoms with Crippen molar-refractivity contribution in [3.05, 3.63) is 69.6 Å². The molecule has 1 aromatic heterocycles. The molecule has 1 heterocycles. The fourth-order valence-electron chi connectivity index (χ4n) is 2.34. The molecule has 0 bridgehead atoms. The Bertz CT molecular complexity index is 1060. The Morgan fingerprint density at radius 3 is 2.79 bits per heavy atom. The zero-order valence-electron chi connectivity index (χ0n) is 14.4. The molecule has 2 N–H and O–H groups in total. The van der Waals surface area contributed by atoms with Gasteiger partial charge in [-0.3, -0.25) is 10.0 Å². The summed E-state index contributed by atoms with van der Waals surface area (Å²) in [6.45, 7) is 0. The van der Waals surface area contributed by atoms with Crippen LogP contribution in [-0.2, 0) is 0 Å². The maximum absolute atomic E-state index is 14.4. The van der Waals surface area contributed by atoms with Crippen LogP contribution in [0.5, 0.6) is 0 Å². The summed E-state index contributed by atoms with van der Waals surface area (Å²) in [7, 11) is 1.54. The predicted octanol–water partition coefficient (Wildman–Crippen LogP) is 4.33. The first-order valence-electron chi connectivity index (χ1n) is 7.83. The molecular weight excluding hydrogens is 410 g/mol. The Morgan fingerprint density at radius 1 is 1.32 bits per heavy atom. The molecule has 0 spiro atoms. The molecule has 144 valence electrons. The Hall–Kier alpha value is -2.88.